The molecule has 2 N–H and O–H groups in total. The van der Waals surface area contributed by atoms with E-state index in [1.807, 2.05) is 12.1 Å². The number of benzene rings is 1. The molecular weight excluding hydrogens is 365 g/mol. The normalized spacial score (nSPS) is 20.3. The molecule has 8 heteroatoms. The molecular formula is C19H18FN5OS. The van der Waals surface area contributed by atoms with Crippen molar-refractivity contribution in [2.24, 2.45) is 0 Å². The van der Waals surface area contributed by atoms with Crippen LogP contribution in [-0.4, -0.2) is 25.6 Å². The Balaban J connectivity index is 1.31. The average molecular weight is 383 g/mol. The first-order valence-electron chi connectivity index (χ1n) is 9.05. The van der Waals surface area contributed by atoms with Crippen LogP contribution in [0.5, 0.6) is 0 Å². The molecule has 1 aromatic carbocycles. The van der Waals surface area contributed by atoms with Crippen LogP contribution in [-0.2, 0) is 0 Å². The Morgan fingerprint density at radius 3 is 2.93 bits per heavy atom. The summed E-state index contributed by atoms with van der Waals surface area (Å²) in [5, 5.41) is 4.31. The lowest BCUT2D eigenvalue weighted by molar-refractivity contribution is 0.334. The molecule has 1 aliphatic carbocycles. The van der Waals surface area contributed by atoms with E-state index in [1.165, 1.54) is 12.1 Å². The van der Waals surface area contributed by atoms with Gasteiger partial charge in [-0.25, -0.2) is 19.2 Å². The molecule has 0 bridgehead atoms. The van der Waals surface area contributed by atoms with Crippen molar-refractivity contribution < 1.29 is 4.39 Å². The van der Waals surface area contributed by atoms with E-state index >= 15 is 0 Å². The summed E-state index contributed by atoms with van der Waals surface area (Å²) in [6.45, 7) is 0. The Labute approximate surface area is 158 Å². The quantitative estimate of drug-likeness (QED) is 0.559. The molecule has 3 aromatic heterocycles. The summed E-state index contributed by atoms with van der Waals surface area (Å²) in [4.78, 5) is 24.1. The van der Waals surface area contributed by atoms with Gasteiger partial charge in [-0.1, -0.05) is 11.3 Å². The number of anilines is 1. The maximum Gasteiger partial charge on any atom is 0.327 e. The Bertz CT molecular complexity index is 1170. The minimum atomic E-state index is -0.266. The van der Waals surface area contributed by atoms with Crippen molar-refractivity contribution in [3.63, 3.8) is 0 Å². The van der Waals surface area contributed by atoms with Crippen LogP contribution in [0, 0.1) is 5.82 Å². The highest BCUT2D eigenvalue weighted by molar-refractivity contribution is 7.22. The molecule has 4 aromatic rings. The van der Waals surface area contributed by atoms with Crippen LogP contribution in [0.3, 0.4) is 0 Å². The van der Waals surface area contributed by atoms with E-state index in [1.54, 1.807) is 28.2 Å². The van der Waals surface area contributed by atoms with Gasteiger partial charge in [0.1, 0.15) is 5.82 Å². The zero-order valence-corrected chi connectivity index (χ0v) is 15.3. The topological polar surface area (TPSA) is 75.6 Å². The summed E-state index contributed by atoms with van der Waals surface area (Å²) < 4.78 is 16.1. The van der Waals surface area contributed by atoms with Gasteiger partial charge >= 0.3 is 5.69 Å². The summed E-state index contributed by atoms with van der Waals surface area (Å²) in [6, 6.07) is 8.86. The molecule has 138 valence electrons. The second kappa shape index (κ2) is 6.45. The molecule has 1 fully saturated rings. The molecule has 1 saturated carbocycles. The van der Waals surface area contributed by atoms with Gasteiger partial charge in [-0.15, -0.1) is 0 Å². The lowest BCUT2D eigenvalue weighted by Gasteiger charge is -2.29. The van der Waals surface area contributed by atoms with Gasteiger partial charge in [0.2, 0.25) is 0 Å². The van der Waals surface area contributed by atoms with E-state index in [0.29, 0.717) is 11.6 Å². The van der Waals surface area contributed by atoms with E-state index in [9.17, 15) is 9.18 Å². The number of hydrogen-bond donors (Lipinski definition) is 2. The summed E-state index contributed by atoms with van der Waals surface area (Å²) in [7, 11) is 0. The fourth-order valence-corrected chi connectivity index (χ4v) is 4.84. The first-order chi connectivity index (χ1) is 13.2. The second-order valence-electron chi connectivity index (χ2n) is 6.96. The summed E-state index contributed by atoms with van der Waals surface area (Å²) >= 11 is 1.54. The lowest BCUT2D eigenvalue weighted by Crippen LogP contribution is -2.31. The van der Waals surface area contributed by atoms with E-state index in [0.717, 1.165) is 46.7 Å². The third kappa shape index (κ3) is 2.99. The van der Waals surface area contributed by atoms with Gasteiger partial charge in [0.25, 0.3) is 0 Å². The van der Waals surface area contributed by atoms with Crippen molar-refractivity contribution in [3.05, 3.63) is 52.8 Å². The number of aromatic amines is 1. The van der Waals surface area contributed by atoms with Crippen LogP contribution in [0.4, 0.5) is 9.52 Å². The van der Waals surface area contributed by atoms with Crippen LogP contribution in [0.25, 0.3) is 21.4 Å². The molecule has 0 radical (unpaired) electrons. The average Bonchev–Trinajstić information content (AvgIpc) is 3.21. The van der Waals surface area contributed by atoms with E-state index in [4.69, 9.17) is 0 Å². The molecule has 0 spiro atoms. The minimum absolute atomic E-state index is 0.0895. The zero-order valence-electron chi connectivity index (χ0n) is 14.5. The van der Waals surface area contributed by atoms with Crippen LogP contribution < -0.4 is 11.0 Å². The third-order valence-electron chi connectivity index (χ3n) is 5.21. The maximum absolute atomic E-state index is 13.3. The van der Waals surface area contributed by atoms with Crippen molar-refractivity contribution in [1.82, 2.24) is 19.5 Å². The standard InChI is InChI=1S/C19H18FN5OS/c20-11-3-8-16-15(10-11)23-18(27-16)22-12-4-6-13(7-5-12)25-17-14(24-19(25)26)2-1-9-21-17/h1-3,8-10,12-13H,4-7H2,(H,22,23)(H,24,26)/t12-,13-. The van der Waals surface area contributed by atoms with Gasteiger partial charge in [-0.3, -0.25) is 4.57 Å². The molecule has 0 atom stereocenters. The fraction of sp³-hybridized carbons (Fsp3) is 0.316. The minimum Gasteiger partial charge on any atom is -0.359 e. The van der Waals surface area contributed by atoms with Crippen LogP contribution in [0.1, 0.15) is 31.7 Å². The Morgan fingerprint density at radius 2 is 2.07 bits per heavy atom. The maximum atomic E-state index is 13.3. The number of H-pyrrole nitrogens is 1. The monoisotopic (exact) mass is 383 g/mol. The summed E-state index contributed by atoms with van der Waals surface area (Å²) in [5.74, 6) is -0.266. The first-order valence-corrected chi connectivity index (χ1v) is 9.87. The Kier molecular flexibility index (Phi) is 3.93. The highest BCUT2D eigenvalue weighted by Crippen LogP contribution is 2.33. The molecule has 0 saturated heterocycles. The zero-order chi connectivity index (χ0) is 18.4. The summed E-state index contributed by atoms with van der Waals surface area (Å²) in [6.07, 6.45) is 5.41. The molecule has 5 rings (SSSR count). The van der Waals surface area contributed by atoms with Gasteiger partial charge in [-0.05, 0) is 49.9 Å². The van der Waals surface area contributed by atoms with Gasteiger partial charge in [0.15, 0.2) is 10.8 Å². The molecule has 27 heavy (non-hydrogen) atoms. The summed E-state index contributed by atoms with van der Waals surface area (Å²) in [5.41, 5.74) is 2.11. The van der Waals surface area contributed by atoms with Crippen molar-refractivity contribution >= 4 is 37.8 Å². The largest absolute Gasteiger partial charge is 0.359 e. The number of rotatable bonds is 3. The number of halogens is 1. The number of pyridine rings is 1. The number of thiazole rings is 1. The molecule has 1 aliphatic rings. The van der Waals surface area contributed by atoms with E-state index in [-0.39, 0.29) is 17.5 Å². The molecule has 6 nitrogen and oxygen atoms in total. The molecule has 0 unspecified atom stereocenters. The van der Waals surface area contributed by atoms with Crippen LogP contribution in [0.2, 0.25) is 0 Å². The predicted molar refractivity (Wildman–Crippen MR) is 105 cm³/mol. The second-order valence-corrected chi connectivity index (χ2v) is 7.99. The van der Waals surface area contributed by atoms with Crippen molar-refractivity contribution in [1.29, 1.82) is 0 Å². The highest BCUT2D eigenvalue weighted by Gasteiger charge is 2.25. The number of hydrogen-bond acceptors (Lipinski definition) is 5. The predicted octanol–water partition coefficient (Wildman–Crippen LogP) is 4.07. The van der Waals surface area contributed by atoms with E-state index < -0.39 is 0 Å². The molecule has 3 heterocycles. The number of nitrogens with one attached hydrogen (secondary N) is 2. The number of nitrogens with zero attached hydrogens (tertiary/aromatic N) is 3. The third-order valence-corrected chi connectivity index (χ3v) is 6.18. The fourth-order valence-electron chi connectivity index (χ4n) is 3.91. The van der Waals surface area contributed by atoms with Crippen LogP contribution >= 0.6 is 11.3 Å². The highest BCUT2D eigenvalue weighted by atomic mass is 32.1. The van der Waals surface area contributed by atoms with Crippen molar-refractivity contribution in [2.75, 3.05) is 5.32 Å². The smallest absolute Gasteiger partial charge is 0.327 e. The molecule has 0 aliphatic heterocycles. The van der Waals surface area contributed by atoms with Crippen molar-refractivity contribution in [3.8, 4) is 0 Å². The SMILES string of the molecule is O=c1[nH]c2cccnc2n1[C@H]1CC[C@H](Nc2nc3cc(F)ccc3s2)CC1. The lowest BCUT2D eigenvalue weighted by atomic mass is 9.91. The Morgan fingerprint density at radius 1 is 1.22 bits per heavy atom. The van der Waals surface area contributed by atoms with E-state index in [2.05, 4.69) is 20.3 Å². The van der Waals surface area contributed by atoms with Crippen LogP contribution in [0.15, 0.2) is 41.3 Å². The van der Waals surface area contributed by atoms with Gasteiger partial charge in [0.05, 0.1) is 15.7 Å². The Hall–Kier alpha value is -2.74. The van der Waals surface area contributed by atoms with Gasteiger partial charge in [-0.2, -0.15) is 0 Å². The number of imidazole rings is 1. The van der Waals surface area contributed by atoms with Crippen molar-refractivity contribution in [2.45, 2.75) is 37.8 Å². The van der Waals surface area contributed by atoms with Gasteiger partial charge in [0, 0.05) is 24.3 Å². The molecule has 0 amide bonds. The first kappa shape index (κ1) is 16.4. The van der Waals surface area contributed by atoms with Gasteiger partial charge < -0.3 is 10.3 Å². The number of aromatic nitrogens is 4. The number of fused-ring (bicyclic) bond motifs is 2.